The highest BCUT2D eigenvalue weighted by Crippen LogP contribution is 2.25. The first-order chi connectivity index (χ1) is 10.5. The lowest BCUT2D eigenvalue weighted by Gasteiger charge is -2.31. The maximum absolute atomic E-state index is 12.7. The molecule has 0 aromatic carbocycles. The maximum atomic E-state index is 12.7. The number of esters is 1. The summed E-state index contributed by atoms with van der Waals surface area (Å²) < 4.78 is 6.68. The van der Waals surface area contributed by atoms with E-state index < -0.39 is 0 Å². The van der Waals surface area contributed by atoms with E-state index in [1.54, 1.807) is 23.4 Å². The normalized spacial score (nSPS) is 15.9. The summed E-state index contributed by atoms with van der Waals surface area (Å²) in [6.45, 7) is 7.56. The number of hydrogen-bond acceptors (Lipinski definition) is 4. The van der Waals surface area contributed by atoms with Crippen molar-refractivity contribution >= 4 is 23.5 Å². The summed E-state index contributed by atoms with van der Waals surface area (Å²) in [7, 11) is 0. The molecule has 0 saturated carbocycles. The summed E-state index contributed by atoms with van der Waals surface area (Å²) in [6, 6.07) is 0. The Morgan fingerprint density at radius 2 is 1.95 bits per heavy atom. The number of halogens is 1. The van der Waals surface area contributed by atoms with E-state index in [9.17, 15) is 9.59 Å². The zero-order valence-corrected chi connectivity index (χ0v) is 14.0. The van der Waals surface area contributed by atoms with Gasteiger partial charge in [0.05, 0.1) is 23.2 Å². The number of rotatable bonds is 4. The maximum Gasteiger partial charge on any atom is 0.309 e. The van der Waals surface area contributed by atoms with Crippen molar-refractivity contribution in [2.24, 2.45) is 5.92 Å². The van der Waals surface area contributed by atoms with Crippen molar-refractivity contribution in [3.63, 3.8) is 0 Å². The summed E-state index contributed by atoms with van der Waals surface area (Å²) in [5.74, 6) is -0.394. The molecule has 6 nitrogen and oxygen atoms in total. The topological polar surface area (TPSA) is 64.4 Å². The van der Waals surface area contributed by atoms with Gasteiger partial charge < -0.3 is 9.64 Å². The molecule has 1 aliphatic rings. The standard InChI is InChI=1S/C15H22ClN3O3/c1-4-19-13(12(16)10(3)17-19)14(20)18-8-6-11(7-9-18)15(21)22-5-2/h11H,4-9H2,1-3H3. The van der Waals surface area contributed by atoms with E-state index >= 15 is 0 Å². The van der Waals surface area contributed by atoms with Gasteiger partial charge in [0.1, 0.15) is 5.69 Å². The first-order valence-electron chi connectivity index (χ1n) is 7.68. The molecule has 0 spiro atoms. The number of piperidine rings is 1. The summed E-state index contributed by atoms with van der Waals surface area (Å²) >= 11 is 6.22. The van der Waals surface area contributed by atoms with Crippen LogP contribution < -0.4 is 0 Å². The Bertz CT molecular complexity index is 563. The number of nitrogens with zero attached hydrogens (tertiary/aromatic N) is 3. The minimum Gasteiger partial charge on any atom is -0.466 e. The van der Waals surface area contributed by atoms with Crippen LogP contribution in [-0.4, -0.2) is 46.3 Å². The number of amides is 1. The summed E-state index contributed by atoms with van der Waals surface area (Å²) in [5, 5.41) is 4.69. The molecule has 0 atom stereocenters. The number of likely N-dealkylation sites (tertiary alicyclic amines) is 1. The smallest absolute Gasteiger partial charge is 0.309 e. The van der Waals surface area contributed by atoms with Crippen LogP contribution >= 0.6 is 11.6 Å². The van der Waals surface area contributed by atoms with Gasteiger partial charge in [0.15, 0.2) is 0 Å². The average Bonchev–Trinajstić information content (AvgIpc) is 2.82. The van der Waals surface area contributed by atoms with Gasteiger partial charge in [0.2, 0.25) is 0 Å². The molecule has 0 unspecified atom stereocenters. The third-order valence-corrected chi connectivity index (χ3v) is 4.41. The summed E-state index contributed by atoms with van der Waals surface area (Å²) in [6.07, 6.45) is 1.25. The number of hydrogen-bond donors (Lipinski definition) is 0. The highest BCUT2D eigenvalue weighted by Gasteiger charge is 2.31. The molecule has 1 saturated heterocycles. The zero-order valence-electron chi connectivity index (χ0n) is 13.3. The second kappa shape index (κ2) is 7.13. The molecular formula is C15H22ClN3O3. The minimum absolute atomic E-state index is 0.114. The molecule has 1 aromatic rings. The lowest BCUT2D eigenvalue weighted by molar-refractivity contribution is -0.149. The van der Waals surface area contributed by atoms with Crippen LogP contribution in [0.3, 0.4) is 0 Å². The van der Waals surface area contributed by atoms with E-state index in [4.69, 9.17) is 16.3 Å². The van der Waals surface area contributed by atoms with Crippen LogP contribution in [0.15, 0.2) is 0 Å². The Kier molecular flexibility index (Phi) is 5.45. The quantitative estimate of drug-likeness (QED) is 0.796. The number of carbonyl (C=O) groups excluding carboxylic acids is 2. The van der Waals surface area contributed by atoms with Crippen molar-refractivity contribution in [3.8, 4) is 0 Å². The van der Waals surface area contributed by atoms with Gasteiger partial charge in [-0.1, -0.05) is 11.6 Å². The second-order valence-electron chi connectivity index (χ2n) is 5.38. The van der Waals surface area contributed by atoms with E-state index in [0.29, 0.717) is 55.5 Å². The molecule has 2 heterocycles. The number of carbonyl (C=O) groups is 2. The van der Waals surface area contributed by atoms with E-state index in [0.717, 1.165) is 0 Å². The van der Waals surface area contributed by atoms with Crippen LogP contribution in [0, 0.1) is 12.8 Å². The number of aromatic nitrogens is 2. The van der Waals surface area contributed by atoms with Crippen molar-refractivity contribution in [2.75, 3.05) is 19.7 Å². The molecule has 1 aliphatic heterocycles. The van der Waals surface area contributed by atoms with E-state index in [1.165, 1.54) is 0 Å². The summed E-state index contributed by atoms with van der Waals surface area (Å²) in [4.78, 5) is 26.2. The van der Waals surface area contributed by atoms with Gasteiger partial charge >= 0.3 is 5.97 Å². The van der Waals surface area contributed by atoms with Gasteiger partial charge in [-0.25, -0.2) is 0 Å². The Morgan fingerprint density at radius 3 is 2.50 bits per heavy atom. The highest BCUT2D eigenvalue weighted by atomic mass is 35.5. The molecule has 7 heteroatoms. The van der Waals surface area contributed by atoms with Gasteiger partial charge in [-0.3, -0.25) is 14.3 Å². The van der Waals surface area contributed by atoms with Gasteiger partial charge in [0.25, 0.3) is 5.91 Å². The van der Waals surface area contributed by atoms with Crippen molar-refractivity contribution in [1.29, 1.82) is 0 Å². The largest absolute Gasteiger partial charge is 0.466 e. The van der Waals surface area contributed by atoms with Crippen LogP contribution in [0.25, 0.3) is 0 Å². The molecule has 122 valence electrons. The monoisotopic (exact) mass is 327 g/mol. The lowest BCUT2D eigenvalue weighted by Crippen LogP contribution is -2.41. The molecule has 1 aromatic heterocycles. The van der Waals surface area contributed by atoms with Crippen molar-refractivity contribution in [3.05, 3.63) is 16.4 Å². The van der Waals surface area contributed by atoms with E-state index in [2.05, 4.69) is 5.10 Å². The fourth-order valence-corrected chi connectivity index (χ4v) is 2.94. The van der Waals surface area contributed by atoms with Crippen LogP contribution in [0.5, 0.6) is 0 Å². The minimum atomic E-state index is -0.165. The molecule has 1 amide bonds. The van der Waals surface area contributed by atoms with Gasteiger partial charge in [-0.15, -0.1) is 0 Å². The Labute approximate surface area is 135 Å². The van der Waals surface area contributed by atoms with Gasteiger partial charge in [-0.05, 0) is 33.6 Å². The van der Waals surface area contributed by atoms with Gasteiger partial charge in [0, 0.05) is 19.6 Å². The van der Waals surface area contributed by atoms with Crippen LogP contribution in [-0.2, 0) is 16.1 Å². The molecule has 0 aliphatic carbocycles. The second-order valence-corrected chi connectivity index (χ2v) is 5.76. The fraction of sp³-hybridized carbons (Fsp3) is 0.667. The van der Waals surface area contributed by atoms with E-state index in [1.807, 2.05) is 6.92 Å². The molecule has 0 N–H and O–H groups in total. The molecule has 2 rings (SSSR count). The fourth-order valence-electron chi connectivity index (χ4n) is 2.72. The average molecular weight is 328 g/mol. The van der Waals surface area contributed by atoms with Crippen LogP contribution in [0.2, 0.25) is 5.02 Å². The predicted octanol–water partition coefficient (Wildman–Crippen LogP) is 2.28. The molecule has 0 bridgehead atoms. The molecule has 22 heavy (non-hydrogen) atoms. The van der Waals surface area contributed by atoms with Gasteiger partial charge in [-0.2, -0.15) is 5.10 Å². The first-order valence-corrected chi connectivity index (χ1v) is 8.06. The van der Waals surface area contributed by atoms with Crippen LogP contribution in [0.1, 0.15) is 42.9 Å². The van der Waals surface area contributed by atoms with Crippen molar-refractivity contribution in [1.82, 2.24) is 14.7 Å². The third-order valence-electron chi connectivity index (χ3n) is 3.96. The van der Waals surface area contributed by atoms with E-state index in [-0.39, 0.29) is 17.8 Å². The molecule has 0 radical (unpaired) electrons. The van der Waals surface area contributed by atoms with Crippen molar-refractivity contribution < 1.29 is 14.3 Å². The molecule has 1 fully saturated rings. The summed E-state index contributed by atoms with van der Waals surface area (Å²) in [5.41, 5.74) is 1.10. The third kappa shape index (κ3) is 3.27. The zero-order chi connectivity index (χ0) is 16.3. The Morgan fingerprint density at radius 1 is 1.32 bits per heavy atom. The Hall–Kier alpha value is -1.56. The van der Waals surface area contributed by atoms with Crippen molar-refractivity contribution in [2.45, 2.75) is 40.2 Å². The lowest BCUT2D eigenvalue weighted by atomic mass is 9.97. The predicted molar refractivity (Wildman–Crippen MR) is 82.9 cm³/mol. The number of ether oxygens (including phenoxy) is 1. The van der Waals surface area contributed by atoms with Crippen LogP contribution in [0.4, 0.5) is 0 Å². The molecular weight excluding hydrogens is 306 g/mol. The number of aryl methyl sites for hydroxylation is 2. The highest BCUT2D eigenvalue weighted by molar-refractivity contribution is 6.34. The SMILES string of the molecule is CCOC(=O)C1CCN(C(=O)c2c(Cl)c(C)nn2CC)CC1. The Balaban J connectivity index is 2.06. The first kappa shape index (κ1) is 16.8.